The van der Waals surface area contributed by atoms with Crippen molar-refractivity contribution in [3.8, 4) is 0 Å². The smallest absolute Gasteiger partial charge is 0.449 e. The number of hydrogen-bond acceptors (Lipinski definition) is 4. The van der Waals surface area contributed by atoms with E-state index in [9.17, 15) is 26.7 Å². The Morgan fingerprint density at radius 1 is 1.56 bits per heavy atom. The maximum atomic E-state index is 13.1. The van der Waals surface area contributed by atoms with E-state index in [2.05, 4.69) is 16.1 Å². The highest BCUT2D eigenvalue weighted by Crippen LogP contribution is 2.50. The van der Waals surface area contributed by atoms with E-state index in [0.717, 1.165) is 0 Å². The van der Waals surface area contributed by atoms with Gasteiger partial charge >= 0.3 is 23.9 Å². The van der Waals surface area contributed by atoms with E-state index >= 15 is 0 Å². The predicted molar refractivity (Wildman–Crippen MR) is 46.6 cm³/mol. The summed E-state index contributed by atoms with van der Waals surface area (Å²) < 4.78 is 71.3. The first-order valence-electron chi connectivity index (χ1n) is 4.67. The van der Waals surface area contributed by atoms with Crippen LogP contribution in [0.15, 0.2) is 12.7 Å². The van der Waals surface area contributed by atoms with Gasteiger partial charge in [0.25, 0.3) is 0 Å². The van der Waals surface area contributed by atoms with Gasteiger partial charge in [-0.1, -0.05) is 6.58 Å². The Kier molecular flexibility index (Phi) is 3.68. The summed E-state index contributed by atoms with van der Waals surface area (Å²) >= 11 is 0. The van der Waals surface area contributed by atoms with Crippen molar-refractivity contribution in [2.24, 2.45) is 0 Å². The highest BCUT2D eigenvalue weighted by molar-refractivity contribution is 5.81. The van der Waals surface area contributed by atoms with Crippen LogP contribution in [-0.4, -0.2) is 41.7 Å². The summed E-state index contributed by atoms with van der Waals surface area (Å²) in [6, 6.07) is 0. The normalized spacial score (nSPS) is 31.1. The summed E-state index contributed by atoms with van der Waals surface area (Å²) in [5.74, 6) is -10.1. The summed E-state index contributed by atoms with van der Waals surface area (Å²) in [5, 5.41) is 8.89. The SMILES string of the molecule is C=CC(=O)OCC1CC(F)(F)C(O)(C(F)(F)F)O1. The minimum atomic E-state index is -5.66. The molecule has 0 aliphatic carbocycles. The monoisotopic (exact) mass is 276 g/mol. The van der Waals surface area contributed by atoms with Crippen LogP contribution in [0.4, 0.5) is 22.0 Å². The molecule has 0 radical (unpaired) electrons. The first kappa shape index (κ1) is 14.8. The van der Waals surface area contributed by atoms with Gasteiger partial charge < -0.3 is 14.6 Å². The molecule has 1 rings (SSSR count). The second-order valence-electron chi connectivity index (χ2n) is 3.62. The average molecular weight is 276 g/mol. The van der Waals surface area contributed by atoms with E-state index < -0.39 is 43.0 Å². The molecular weight excluding hydrogens is 267 g/mol. The van der Waals surface area contributed by atoms with Gasteiger partial charge in [0.05, 0.1) is 0 Å². The Hall–Kier alpha value is -1.22. The lowest BCUT2D eigenvalue weighted by Gasteiger charge is -2.29. The lowest BCUT2D eigenvalue weighted by atomic mass is 10.1. The number of carbonyl (C=O) groups excluding carboxylic acids is 1. The molecule has 2 unspecified atom stereocenters. The van der Waals surface area contributed by atoms with Crippen molar-refractivity contribution in [2.75, 3.05) is 6.61 Å². The van der Waals surface area contributed by atoms with Crippen molar-refractivity contribution in [2.45, 2.75) is 30.4 Å². The molecule has 104 valence electrons. The number of alkyl halides is 5. The molecule has 18 heavy (non-hydrogen) atoms. The van der Waals surface area contributed by atoms with Crippen LogP contribution < -0.4 is 0 Å². The number of ether oxygens (including phenoxy) is 2. The summed E-state index contributed by atoms with van der Waals surface area (Å²) in [6.07, 6.45) is -8.11. The predicted octanol–water partition coefficient (Wildman–Crippen LogP) is 1.39. The zero-order valence-electron chi connectivity index (χ0n) is 8.84. The van der Waals surface area contributed by atoms with Crippen molar-refractivity contribution in [1.82, 2.24) is 0 Å². The Balaban J connectivity index is 2.76. The van der Waals surface area contributed by atoms with E-state index in [0.29, 0.717) is 6.08 Å². The number of halogens is 5. The minimum absolute atomic E-state index is 0.711. The van der Waals surface area contributed by atoms with Gasteiger partial charge in [-0.05, 0) is 0 Å². The molecule has 2 atom stereocenters. The van der Waals surface area contributed by atoms with Gasteiger partial charge in [-0.3, -0.25) is 0 Å². The van der Waals surface area contributed by atoms with Crippen LogP contribution in [0.2, 0.25) is 0 Å². The number of rotatable bonds is 3. The van der Waals surface area contributed by atoms with Crippen molar-refractivity contribution in [3.63, 3.8) is 0 Å². The van der Waals surface area contributed by atoms with Crippen LogP contribution in [0, 0.1) is 0 Å². The molecule has 0 spiro atoms. The van der Waals surface area contributed by atoms with Gasteiger partial charge in [-0.15, -0.1) is 0 Å². The molecule has 1 aliphatic rings. The number of hydrogen-bond donors (Lipinski definition) is 1. The van der Waals surface area contributed by atoms with Crippen LogP contribution >= 0.6 is 0 Å². The van der Waals surface area contributed by atoms with Gasteiger partial charge in [0.2, 0.25) is 0 Å². The summed E-state index contributed by atoms with van der Waals surface area (Å²) in [5.41, 5.74) is 0. The van der Waals surface area contributed by atoms with E-state index in [1.807, 2.05) is 0 Å². The molecule has 0 aromatic rings. The molecular formula is C9H9F5O4. The molecule has 1 N–H and O–H groups in total. The van der Waals surface area contributed by atoms with E-state index in [-0.39, 0.29) is 0 Å². The Bertz CT molecular complexity index is 353. The van der Waals surface area contributed by atoms with Gasteiger partial charge in [0.15, 0.2) is 0 Å². The largest absolute Gasteiger partial charge is 0.460 e. The molecule has 0 saturated carbocycles. The Labute approximate surface area is 98.0 Å². The molecule has 1 fully saturated rings. The first-order chi connectivity index (χ1) is 8.03. The molecule has 0 aromatic heterocycles. The third-order valence-corrected chi connectivity index (χ3v) is 2.28. The zero-order chi connectivity index (χ0) is 14.2. The number of aliphatic hydroxyl groups is 1. The second kappa shape index (κ2) is 4.47. The van der Waals surface area contributed by atoms with Gasteiger partial charge in [0, 0.05) is 12.5 Å². The van der Waals surface area contributed by atoms with E-state index in [1.54, 1.807) is 0 Å². The maximum Gasteiger partial charge on any atom is 0.449 e. The molecule has 4 nitrogen and oxygen atoms in total. The third-order valence-electron chi connectivity index (χ3n) is 2.28. The minimum Gasteiger partial charge on any atom is -0.460 e. The summed E-state index contributed by atoms with van der Waals surface area (Å²) in [7, 11) is 0. The second-order valence-corrected chi connectivity index (χ2v) is 3.62. The molecule has 0 bridgehead atoms. The van der Waals surface area contributed by atoms with E-state index in [4.69, 9.17) is 5.11 Å². The summed E-state index contributed by atoms with van der Waals surface area (Å²) in [4.78, 5) is 10.6. The lowest BCUT2D eigenvalue weighted by Crippen LogP contribution is -2.56. The molecule has 9 heteroatoms. The first-order valence-corrected chi connectivity index (χ1v) is 4.67. The highest BCUT2D eigenvalue weighted by atomic mass is 19.4. The fourth-order valence-corrected chi connectivity index (χ4v) is 1.39. The number of carbonyl (C=O) groups is 1. The molecule has 0 aromatic carbocycles. The van der Waals surface area contributed by atoms with Crippen LogP contribution in [0.5, 0.6) is 0 Å². The zero-order valence-corrected chi connectivity index (χ0v) is 8.84. The van der Waals surface area contributed by atoms with Crippen molar-refractivity contribution < 1.29 is 41.3 Å². The van der Waals surface area contributed by atoms with Crippen LogP contribution in [0.25, 0.3) is 0 Å². The van der Waals surface area contributed by atoms with Gasteiger partial charge in [-0.2, -0.15) is 13.2 Å². The molecule has 1 saturated heterocycles. The topological polar surface area (TPSA) is 55.8 Å². The average Bonchev–Trinajstić information content (AvgIpc) is 2.46. The fourth-order valence-electron chi connectivity index (χ4n) is 1.39. The lowest BCUT2D eigenvalue weighted by molar-refractivity contribution is -0.407. The van der Waals surface area contributed by atoms with Crippen molar-refractivity contribution >= 4 is 5.97 Å². The van der Waals surface area contributed by atoms with Crippen LogP contribution in [0.1, 0.15) is 6.42 Å². The summed E-state index contributed by atoms with van der Waals surface area (Å²) in [6.45, 7) is 2.17. The Morgan fingerprint density at radius 2 is 2.11 bits per heavy atom. The standard InChI is InChI=1S/C9H9F5O4/c1-2-6(15)17-4-5-3-7(10,11)8(16,18-5)9(12,13)14/h2,5,16H,1,3-4H2. The molecule has 1 heterocycles. The number of esters is 1. The van der Waals surface area contributed by atoms with E-state index in [1.165, 1.54) is 0 Å². The van der Waals surface area contributed by atoms with Gasteiger partial charge in [0.1, 0.15) is 12.7 Å². The molecule has 0 amide bonds. The fraction of sp³-hybridized carbons (Fsp3) is 0.667. The maximum absolute atomic E-state index is 13.1. The van der Waals surface area contributed by atoms with Crippen molar-refractivity contribution in [1.29, 1.82) is 0 Å². The van der Waals surface area contributed by atoms with Crippen molar-refractivity contribution in [3.05, 3.63) is 12.7 Å². The molecule has 1 aliphatic heterocycles. The van der Waals surface area contributed by atoms with Crippen LogP contribution in [0.3, 0.4) is 0 Å². The quantitative estimate of drug-likeness (QED) is 0.481. The van der Waals surface area contributed by atoms with Gasteiger partial charge in [-0.25, -0.2) is 13.6 Å². The highest BCUT2D eigenvalue weighted by Gasteiger charge is 2.75. The Morgan fingerprint density at radius 3 is 2.50 bits per heavy atom. The third kappa shape index (κ3) is 2.46. The van der Waals surface area contributed by atoms with Crippen LogP contribution in [-0.2, 0) is 14.3 Å².